The number of amides is 1. The normalized spacial score (nSPS) is 11.4. The van der Waals surface area contributed by atoms with Crippen LogP contribution in [0.5, 0.6) is 0 Å². The number of rotatable bonds is 6. The SMILES string of the molecule is Cc1c(C(=O)N=S(=O)(CCO)CCO)cnn1-c1ccccc1. The minimum Gasteiger partial charge on any atom is -0.395 e. The number of benzene rings is 1. The van der Waals surface area contributed by atoms with E-state index in [0.717, 1.165) is 5.69 Å². The van der Waals surface area contributed by atoms with E-state index in [2.05, 4.69) is 9.46 Å². The second-order valence-electron chi connectivity index (χ2n) is 4.92. The lowest BCUT2D eigenvalue weighted by molar-refractivity contribution is 0.100. The summed E-state index contributed by atoms with van der Waals surface area (Å²) in [5.74, 6) is -0.951. The Bertz CT molecular complexity index is 780. The molecule has 2 rings (SSSR count). The van der Waals surface area contributed by atoms with E-state index in [1.54, 1.807) is 11.6 Å². The number of aliphatic hydroxyl groups excluding tert-OH is 2. The number of carbonyl (C=O) groups excluding carboxylic acids is 1. The van der Waals surface area contributed by atoms with Crippen LogP contribution in [0.3, 0.4) is 0 Å². The Morgan fingerprint density at radius 2 is 1.83 bits per heavy atom. The Hall–Kier alpha value is -2.03. The first-order valence-corrected chi connectivity index (χ1v) is 8.94. The fourth-order valence-corrected chi connectivity index (χ4v) is 3.49. The molecule has 0 radical (unpaired) electrons. The summed E-state index contributed by atoms with van der Waals surface area (Å²) in [6.45, 7) is 0.998. The maximum absolute atomic E-state index is 12.4. The van der Waals surface area contributed by atoms with Crippen molar-refractivity contribution in [1.82, 2.24) is 9.78 Å². The molecule has 2 N–H and O–H groups in total. The molecule has 0 saturated heterocycles. The van der Waals surface area contributed by atoms with Gasteiger partial charge in [0.2, 0.25) is 0 Å². The van der Waals surface area contributed by atoms with E-state index < -0.39 is 15.6 Å². The van der Waals surface area contributed by atoms with Gasteiger partial charge in [-0.15, -0.1) is 0 Å². The van der Waals surface area contributed by atoms with Crippen LogP contribution in [0, 0.1) is 6.92 Å². The molecule has 8 heteroatoms. The zero-order chi connectivity index (χ0) is 16.9. The molecule has 7 nitrogen and oxygen atoms in total. The van der Waals surface area contributed by atoms with Crippen LogP contribution in [0.1, 0.15) is 16.1 Å². The van der Waals surface area contributed by atoms with E-state index >= 15 is 0 Å². The maximum atomic E-state index is 12.4. The van der Waals surface area contributed by atoms with Crippen molar-refractivity contribution in [3.05, 3.63) is 47.8 Å². The zero-order valence-electron chi connectivity index (χ0n) is 12.8. The molecule has 0 bridgehead atoms. The Balaban J connectivity index is 2.38. The molecule has 0 atom stereocenters. The zero-order valence-corrected chi connectivity index (χ0v) is 13.6. The lowest BCUT2D eigenvalue weighted by Crippen LogP contribution is -2.18. The fourth-order valence-electron chi connectivity index (χ4n) is 2.13. The minimum absolute atomic E-state index is 0.148. The van der Waals surface area contributed by atoms with Crippen LogP contribution in [-0.4, -0.2) is 54.8 Å². The average Bonchev–Trinajstić information content (AvgIpc) is 2.90. The molecule has 0 fully saturated rings. The van der Waals surface area contributed by atoms with Crippen molar-refractivity contribution >= 4 is 15.6 Å². The first kappa shape index (κ1) is 17.3. The highest BCUT2D eigenvalue weighted by molar-refractivity contribution is 7.93. The topological polar surface area (TPSA) is 105 Å². The van der Waals surface area contributed by atoms with Crippen molar-refractivity contribution in [3.63, 3.8) is 0 Å². The van der Waals surface area contributed by atoms with Crippen LogP contribution in [0.15, 0.2) is 40.9 Å². The van der Waals surface area contributed by atoms with Crippen molar-refractivity contribution in [1.29, 1.82) is 0 Å². The third-order valence-corrected chi connectivity index (χ3v) is 5.45. The van der Waals surface area contributed by atoms with Crippen LogP contribution >= 0.6 is 0 Å². The highest BCUT2D eigenvalue weighted by Gasteiger charge is 2.18. The van der Waals surface area contributed by atoms with Gasteiger partial charge < -0.3 is 10.2 Å². The van der Waals surface area contributed by atoms with Crippen molar-refractivity contribution in [2.75, 3.05) is 24.7 Å². The number of hydrogen-bond acceptors (Lipinski definition) is 5. The number of hydrogen-bond donors (Lipinski definition) is 2. The lowest BCUT2D eigenvalue weighted by atomic mass is 10.2. The third kappa shape index (κ3) is 4.04. The summed E-state index contributed by atoms with van der Waals surface area (Å²) in [6.07, 6.45) is 1.38. The van der Waals surface area contributed by atoms with Gasteiger partial charge in [0.05, 0.1) is 57.6 Å². The van der Waals surface area contributed by atoms with Crippen LogP contribution in [0.25, 0.3) is 5.69 Å². The quantitative estimate of drug-likeness (QED) is 0.810. The van der Waals surface area contributed by atoms with Crippen molar-refractivity contribution < 1.29 is 19.2 Å². The second-order valence-corrected chi connectivity index (χ2v) is 7.46. The smallest absolute Gasteiger partial charge is 0.288 e. The molecule has 0 spiro atoms. The molecule has 124 valence electrons. The molecule has 0 saturated carbocycles. The van der Waals surface area contributed by atoms with Gasteiger partial charge in [-0.1, -0.05) is 18.2 Å². The first-order valence-electron chi connectivity index (χ1n) is 7.09. The highest BCUT2D eigenvalue weighted by atomic mass is 32.2. The summed E-state index contributed by atoms with van der Waals surface area (Å²) in [5.41, 5.74) is 1.63. The van der Waals surface area contributed by atoms with Gasteiger partial charge in [0.25, 0.3) is 5.91 Å². The third-order valence-electron chi connectivity index (χ3n) is 3.31. The summed E-state index contributed by atoms with van der Waals surface area (Å²) in [7, 11) is -2.97. The first-order chi connectivity index (χ1) is 11.0. The molecular weight excluding hydrogens is 318 g/mol. The summed E-state index contributed by atoms with van der Waals surface area (Å²) in [5, 5.41) is 22.1. The summed E-state index contributed by atoms with van der Waals surface area (Å²) < 4.78 is 17.8. The summed E-state index contributed by atoms with van der Waals surface area (Å²) in [4.78, 5) is 12.3. The Labute approximate surface area is 134 Å². The van der Waals surface area contributed by atoms with Gasteiger partial charge in [-0.05, 0) is 19.1 Å². The summed E-state index contributed by atoms with van der Waals surface area (Å²) in [6, 6.07) is 9.30. The number of carbonyl (C=O) groups is 1. The van der Waals surface area contributed by atoms with E-state index in [1.165, 1.54) is 6.20 Å². The molecule has 2 aromatic rings. The van der Waals surface area contributed by atoms with E-state index in [-0.39, 0.29) is 30.3 Å². The number of para-hydroxylation sites is 1. The largest absolute Gasteiger partial charge is 0.395 e. The number of aromatic nitrogens is 2. The fraction of sp³-hybridized carbons (Fsp3) is 0.333. The van der Waals surface area contributed by atoms with Gasteiger partial charge in [-0.25, -0.2) is 8.89 Å². The van der Waals surface area contributed by atoms with Gasteiger partial charge in [-0.2, -0.15) is 9.46 Å². The molecule has 0 unspecified atom stereocenters. The van der Waals surface area contributed by atoms with Crippen LogP contribution in [0.4, 0.5) is 0 Å². The Morgan fingerprint density at radius 3 is 2.39 bits per heavy atom. The molecule has 23 heavy (non-hydrogen) atoms. The van der Waals surface area contributed by atoms with Crippen LogP contribution in [-0.2, 0) is 9.73 Å². The minimum atomic E-state index is -2.97. The molecule has 1 heterocycles. The lowest BCUT2D eigenvalue weighted by Gasteiger charge is -2.06. The molecule has 0 aliphatic heterocycles. The molecule has 1 aromatic carbocycles. The highest BCUT2D eigenvalue weighted by Crippen LogP contribution is 2.15. The van der Waals surface area contributed by atoms with Crippen molar-refractivity contribution in [2.24, 2.45) is 4.36 Å². The molecule has 1 amide bonds. The van der Waals surface area contributed by atoms with E-state index in [9.17, 15) is 9.00 Å². The second kappa shape index (κ2) is 7.49. The van der Waals surface area contributed by atoms with Crippen LogP contribution in [0.2, 0.25) is 0 Å². The standard InChI is InChI=1S/C15H19N3O4S/c1-12-14(11-16-18(12)13-5-3-2-4-6-13)15(21)17-23(22,9-7-19)10-8-20/h2-6,11,19-20H,7-10H2,1H3. The average molecular weight is 337 g/mol. The molecule has 0 aliphatic carbocycles. The molecule has 0 aliphatic rings. The molecule has 1 aromatic heterocycles. The van der Waals surface area contributed by atoms with Gasteiger partial charge >= 0.3 is 0 Å². The van der Waals surface area contributed by atoms with Gasteiger partial charge in [0.1, 0.15) is 0 Å². The monoisotopic (exact) mass is 337 g/mol. The van der Waals surface area contributed by atoms with Crippen LogP contribution < -0.4 is 0 Å². The van der Waals surface area contributed by atoms with E-state index in [1.807, 2.05) is 30.3 Å². The predicted octanol–water partition coefficient (Wildman–Crippen LogP) is 0.774. The maximum Gasteiger partial charge on any atom is 0.288 e. The van der Waals surface area contributed by atoms with Gasteiger partial charge in [0.15, 0.2) is 0 Å². The van der Waals surface area contributed by atoms with Crippen molar-refractivity contribution in [3.8, 4) is 5.69 Å². The Kier molecular flexibility index (Phi) is 5.64. The van der Waals surface area contributed by atoms with Crippen molar-refractivity contribution in [2.45, 2.75) is 6.92 Å². The molecular formula is C15H19N3O4S. The summed E-state index contributed by atoms with van der Waals surface area (Å²) >= 11 is 0. The van der Waals surface area contributed by atoms with E-state index in [4.69, 9.17) is 10.2 Å². The van der Waals surface area contributed by atoms with Gasteiger partial charge in [0, 0.05) is 0 Å². The predicted molar refractivity (Wildman–Crippen MR) is 87.1 cm³/mol. The van der Waals surface area contributed by atoms with Gasteiger partial charge in [-0.3, -0.25) is 4.79 Å². The number of aliphatic hydroxyl groups is 2. The number of nitrogens with zero attached hydrogens (tertiary/aromatic N) is 3. The van der Waals surface area contributed by atoms with E-state index in [0.29, 0.717) is 5.69 Å². The Morgan fingerprint density at radius 1 is 1.22 bits per heavy atom.